The van der Waals surface area contributed by atoms with Crippen LogP contribution in [0.3, 0.4) is 0 Å². The monoisotopic (exact) mass is 495 g/mol. The molecule has 0 radical (unpaired) electrons. The van der Waals surface area contributed by atoms with Gasteiger partial charge in [-0.2, -0.15) is 0 Å². The molecule has 0 saturated heterocycles. The zero-order chi connectivity index (χ0) is 26.2. The van der Waals surface area contributed by atoms with Gasteiger partial charge in [-0.05, 0) is 46.9 Å². The second kappa shape index (κ2) is 12.2. The molecule has 1 amide bonds. The number of hydrogen-bond acceptors (Lipinski definition) is 1. The number of rotatable bonds is 9. The van der Waals surface area contributed by atoms with Gasteiger partial charge >= 0.3 is 0 Å². The fraction of sp³-hybridized carbons (Fsp3) is 0.139. The van der Waals surface area contributed by atoms with Crippen molar-refractivity contribution in [2.75, 3.05) is 13.1 Å². The Bertz CT molecular complexity index is 1460. The molecule has 2 heteroatoms. The summed E-state index contributed by atoms with van der Waals surface area (Å²) in [5.41, 5.74) is 5.60. The summed E-state index contributed by atoms with van der Waals surface area (Å²) in [6, 6.07) is 45.7. The number of hydrogen-bond donors (Lipinski definition) is 0. The molecule has 38 heavy (non-hydrogen) atoms. The Labute approximate surface area is 225 Å². The molecule has 0 heterocycles. The van der Waals surface area contributed by atoms with Gasteiger partial charge in [-0.25, -0.2) is 0 Å². The lowest BCUT2D eigenvalue weighted by Crippen LogP contribution is -2.34. The molecule has 0 N–H and O–H groups in total. The van der Waals surface area contributed by atoms with Gasteiger partial charge in [0.1, 0.15) is 0 Å². The van der Waals surface area contributed by atoms with Crippen molar-refractivity contribution in [3.8, 4) is 0 Å². The molecule has 0 bridgehead atoms. The normalized spacial score (nSPS) is 11.6. The lowest BCUT2D eigenvalue weighted by Gasteiger charge is -2.27. The van der Waals surface area contributed by atoms with Gasteiger partial charge in [0, 0.05) is 24.6 Å². The van der Waals surface area contributed by atoms with Crippen LogP contribution in [-0.2, 0) is 0 Å². The van der Waals surface area contributed by atoms with Gasteiger partial charge < -0.3 is 4.90 Å². The van der Waals surface area contributed by atoms with Crippen LogP contribution in [-0.4, -0.2) is 23.9 Å². The van der Waals surface area contributed by atoms with Crippen LogP contribution < -0.4 is 0 Å². The number of nitrogens with zero attached hydrogens (tertiary/aromatic N) is 1. The molecule has 5 rings (SSSR count). The minimum atomic E-state index is 0.0717. The van der Waals surface area contributed by atoms with E-state index >= 15 is 0 Å². The summed E-state index contributed by atoms with van der Waals surface area (Å²) in [4.78, 5) is 16.2. The molecule has 5 aromatic carbocycles. The summed E-state index contributed by atoms with van der Waals surface area (Å²) in [5.74, 6) is 0.279. The summed E-state index contributed by atoms with van der Waals surface area (Å²) in [5, 5.41) is 2.08. The van der Waals surface area contributed by atoms with E-state index in [0.29, 0.717) is 13.1 Å². The van der Waals surface area contributed by atoms with Crippen molar-refractivity contribution < 1.29 is 4.79 Å². The Kier molecular flexibility index (Phi) is 8.10. The first-order valence-corrected chi connectivity index (χ1v) is 13.3. The lowest BCUT2D eigenvalue weighted by molar-refractivity contribution is 0.0768. The maximum atomic E-state index is 14.1. The first-order chi connectivity index (χ1) is 18.7. The smallest absolute Gasteiger partial charge is 0.254 e. The van der Waals surface area contributed by atoms with Gasteiger partial charge in [-0.1, -0.05) is 139 Å². The summed E-state index contributed by atoms with van der Waals surface area (Å²) < 4.78 is 0. The van der Waals surface area contributed by atoms with E-state index in [2.05, 4.69) is 97.9 Å². The minimum absolute atomic E-state index is 0.0717. The van der Waals surface area contributed by atoms with Crippen molar-refractivity contribution in [3.05, 3.63) is 161 Å². The molecule has 2 nitrogen and oxygen atoms in total. The highest BCUT2D eigenvalue weighted by Gasteiger charge is 2.21. The van der Waals surface area contributed by atoms with E-state index in [-0.39, 0.29) is 11.8 Å². The lowest BCUT2D eigenvalue weighted by atomic mass is 9.88. The topological polar surface area (TPSA) is 20.3 Å². The van der Waals surface area contributed by atoms with Gasteiger partial charge in [0.25, 0.3) is 5.91 Å². The third-order valence-corrected chi connectivity index (χ3v) is 7.05. The first-order valence-electron chi connectivity index (χ1n) is 13.3. The van der Waals surface area contributed by atoms with E-state index in [1.54, 1.807) is 0 Å². The highest BCUT2D eigenvalue weighted by molar-refractivity contribution is 6.07. The molecule has 0 unspecified atom stereocenters. The summed E-state index contributed by atoms with van der Waals surface area (Å²) >= 11 is 0. The Balaban J connectivity index is 1.47. The van der Waals surface area contributed by atoms with Gasteiger partial charge in [0.15, 0.2) is 0 Å². The maximum Gasteiger partial charge on any atom is 0.254 e. The van der Waals surface area contributed by atoms with E-state index in [1.807, 2.05) is 53.4 Å². The number of carbonyl (C=O) groups excluding carboxylic acids is 1. The molecule has 0 aliphatic rings. The predicted molar refractivity (Wildman–Crippen MR) is 159 cm³/mol. The quantitative estimate of drug-likeness (QED) is 0.200. The van der Waals surface area contributed by atoms with Crippen LogP contribution in [0.2, 0.25) is 0 Å². The molecule has 188 valence electrons. The second-order valence-corrected chi connectivity index (χ2v) is 9.82. The SMILES string of the molecule is C/C(=C/c1ccccc1)CN(CCC(c1ccccc1)c1ccccc1)C(=O)c1cccc2ccccc12. The molecule has 5 aromatic rings. The molecular weight excluding hydrogens is 462 g/mol. The van der Waals surface area contributed by atoms with Gasteiger partial charge in [-0.15, -0.1) is 0 Å². The molecule has 0 aromatic heterocycles. The number of carbonyl (C=O) groups is 1. The van der Waals surface area contributed by atoms with Crippen molar-refractivity contribution in [2.45, 2.75) is 19.3 Å². The fourth-order valence-electron chi connectivity index (χ4n) is 5.20. The van der Waals surface area contributed by atoms with E-state index in [4.69, 9.17) is 0 Å². The molecular formula is C36H33NO. The summed E-state index contributed by atoms with van der Waals surface area (Å²) in [6.45, 7) is 3.34. The van der Waals surface area contributed by atoms with Gasteiger partial charge in [0.2, 0.25) is 0 Å². The van der Waals surface area contributed by atoms with Crippen LogP contribution in [0.5, 0.6) is 0 Å². The van der Waals surface area contributed by atoms with Crippen LogP contribution in [0.1, 0.15) is 46.3 Å². The van der Waals surface area contributed by atoms with Gasteiger partial charge in [0.05, 0.1) is 0 Å². The highest BCUT2D eigenvalue weighted by atomic mass is 16.2. The van der Waals surface area contributed by atoms with E-state index in [1.165, 1.54) is 11.1 Å². The molecule has 0 aliphatic carbocycles. The average Bonchev–Trinajstić information content (AvgIpc) is 2.97. The van der Waals surface area contributed by atoms with Crippen molar-refractivity contribution in [2.24, 2.45) is 0 Å². The van der Waals surface area contributed by atoms with Crippen LogP contribution in [0, 0.1) is 0 Å². The number of fused-ring (bicyclic) bond motifs is 1. The Hall–Kier alpha value is -4.43. The van der Waals surface area contributed by atoms with Crippen LogP contribution in [0.4, 0.5) is 0 Å². The fourth-order valence-corrected chi connectivity index (χ4v) is 5.20. The minimum Gasteiger partial charge on any atom is -0.335 e. The maximum absolute atomic E-state index is 14.1. The largest absolute Gasteiger partial charge is 0.335 e. The van der Waals surface area contributed by atoms with Crippen LogP contribution in [0.25, 0.3) is 16.8 Å². The molecule has 0 spiro atoms. The third kappa shape index (κ3) is 6.10. The van der Waals surface area contributed by atoms with Crippen LogP contribution >= 0.6 is 0 Å². The molecule has 0 aliphatic heterocycles. The van der Waals surface area contributed by atoms with Crippen LogP contribution in [0.15, 0.2) is 139 Å². The summed E-state index contributed by atoms with van der Waals surface area (Å²) in [7, 11) is 0. The highest BCUT2D eigenvalue weighted by Crippen LogP contribution is 2.29. The molecule has 0 saturated carbocycles. The molecule has 0 fully saturated rings. The predicted octanol–water partition coefficient (Wildman–Crippen LogP) is 8.61. The van der Waals surface area contributed by atoms with E-state index in [9.17, 15) is 4.79 Å². The first kappa shape index (κ1) is 25.2. The van der Waals surface area contributed by atoms with Crippen molar-refractivity contribution in [3.63, 3.8) is 0 Å². The zero-order valence-electron chi connectivity index (χ0n) is 21.8. The van der Waals surface area contributed by atoms with Crippen molar-refractivity contribution in [1.82, 2.24) is 4.90 Å². The van der Waals surface area contributed by atoms with Crippen molar-refractivity contribution in [1.29, 1.82) is 0 Å². The summed E-state index contributed by atoms with van der Waals surface area (Å²) in [6.07, 6.45) is 3.01. The average molecular weight is 496 g/mol. The van der Waals surface area contributed by atoms with E-state index in [0.717, 1.165) is 33.9 Å². The number of amides is 1. The Morgan fingerprint density at radius 3 is 1.89 bits per heavy atom. The third-order valence-electron chi connectivity index (χ3n) is 7.05. The second-order valence-electron chi connectivity index (χ2n) is 9.82. The number of benzene rings is 5. The Morgan fingerprint density at radius 2 is 1.24 bits per heavy atom. The Morgan fingerprint density at radius 1 is 0.684 bits per heavy atom. The standard InChI is InChI=1S/C36H33NO/c1-28(26-29-14-5-2-6-15-29)27-37(36(38)35-23-13-21-32-20-11-12-22-34(32)35)25-24-33(30-16-7-3-8-17-30)31-18-9-4-10-19-31/h2-23,26,33H,24-25,27H2,1H3/b28-26-. The zero-order valence-corrected chi connectivity index (χ0v) is 21.8. The van der Waals surface area contributed by atoms with E-state index < -0.39 is 0 Å². The molecule has 0 atom stereocenters. The van der Waals surface area contributed by atoms with Crippen molar-refractivity contribution >= 4 is 22.8 Å². The van der Waals surface area contributed by atoms with Gasteiger partial charge in [-0.3, -0.25) is 4.79 Å².